The molecule has 0 fully saturated rings. The number of furan rings is 1. The van der Waals surface area contributed by atoms with Crippen molar-refractivity contribution in [3.8, 4) is 17.2 Å². The second-order valence-corrected chi connectivity index (χ2v) is 11.1. The topological polar surface area (TPSA) is 98.5 Å². The number of hydrogen-bond donors (Lipinski definition) is 1. The van der Waals surface area contributed by atoms with Gasteiger partial charge in [0.25, 0.3) is 0 Å². The van der Waals surface area contributed by atoms with E-state index in [1.165, 1.54) is 23.5 Å². The fraction of sp³-hybridized carbons (Fsp3) is 0.250. The van der Waals surface area contributed by atoms with Crippen LogP contribution in [0.3, 0.4) is 0 Å². The largest absolute Gasteiger partial charge is 0.490 e. The number of rotatable bonds is 8. The lowest BCUT2D eigenvalue weighted by Crippen LogP contribution is -2.15. The van der Waals surface area contributed by atoms with Crippen molar-refractivity contribution in [1.82, 2.24) is 4.98 Å². The maximum atomic E-state index is 12.5. The molecule has 0 spiro atoms. The summed E-state index contributed by atoms with van der Waals surface area (Å²) in [6.45, 7) is 5.74. The van der Waals surface area contributed by atoms with Gasteiger partial charge in [0, 0.05) is 10.8 Å². The van der Waals surface area contributed by atoms with Crippen LogP contribution in [0.5, 0.6) is 5.75 Å². The molecule has 9 heteroatoms. The zero-order valence-corrected chi connectivity index (χ0v) is 20.1. The molecule has 0 saturated carbocycles. The molecule has 2 aromatic carbocycles. The SMILES string of the molecule is CCOc1cccc2cc(-c3csc(NC(=O)Cc4ccc(S(=O)(=O)C(C)C)cc4)n3)oc12. The molecule has 0 unspecified atom stereocenters. The molecule has 2 aromatic heterocycles. The highest BCUT2D eigenvalue weighted by molar-refractivity contribution is 7.92. The number of nitrogens with one attached hydrogen (secondary N) is 1. The molecule has 0 radical (unpaired) electrons. The Balaban J connectivity index is 1.44. The average molecular weight is 485 g/mol. The van der Waals surface area contributed by atoms with Crippen LogP contribution in [-0.4, -0.2) is 31.2 Å². The van der Waals surface area contributed by atoms with E-state index in [-0.39, 0.29) is 17.2 Å². The van der Waals surface area contributed by atoms with Crippen molar-refractivity contribution >= 4 is 43.2 Å². The maximum absolute atomic E-state index is 12.5. The van der Waals surface area contributed by atoms with Gasteiger partial charge in [-0.1, -0.05) is 24.3 Å². The van der Waals surface area contributed by atoms with Crippen LogP contribution in [0.4, 0.5) is 5.13 Å². The van der Waals surface area contributed by atoms with Gasteiger partial charge in [-0.25, -0.2) is 13.4 Å². The average Bonchev–Trinajstić information content (AvgIpc) is 3.41. The number of benzene rings is 2. The number of carbonyl (C=O) groups is 1. The molecule has 0 aliphatic heterocycles. The van der Waals surface area contributed by atoms with Gasteiger partial charge < -0.3 is 14.5 Å². The quantitative estimate of drug-likeness (QED) is 0.363. The Morgan fingerprint density at radius 2 is 1.94 bits per heavy atom. The summed E-state index contributed by atoms with van der Waals surface area (Å²) in [4.78, 5) is 17.2. The van der Waals surface area contributed by atoms with Gasteiger partial charge in [-0.3, -0.25) is 4.79 Å². The number of ether oxygens (including phenoxy) is 1. The first-order chi connectivity index (χ1) is 15.8. The minimum Gasteiger partial charge on any atom is -0.490 e. The molecule has 0 atom stereocenters. The molecule has 4 rings (SSSR count). The van der Waals surface area contributed by atoms with Gasteiger partial charge in [-0.05, 0) is 50.6 Å². The Hall–Kier alpha value is -3.17. The fourth-order valence-corrected chi connectivity index (χ4v) is 5.07. The van der Waals surface area contributed by atoms with E-state index in [0.29, 0.717) is 40.1 Å². The van der Waals surface area contributed by atoms with Gasteiger partial charge in [0.1, 0.15) is 5.69 Å². The van der Waals surface area contributed by atoms with Crippen LogP contribution in [0.2, 0.25) is 0 Å². The number of amides is 1. The third-order valence-electron chi connectivity index (χ3n) is 5.05. The number of hydrogen-bond acceptors (Lipinski definition) is 7. The van der Waals surface area contributed by atoms with Gasteiger partial charge >= 0.3 is 0 Å². The van der Waals surface area contributed by atoms with Gasteiger partial charge in [0.2, 0.25) is 5.91 Å². The summed E-state index contributed by atoms with van der Waals surface area (Å²) < 4.78 is 36.0. The number of fused-ring (bicyclic) bond motifs is 1. The lowest BCUT2D eigenvalue weighted by molar-refractivity contribution is -0.115. The molecule has 33 heavy (non-hydrogen) atoms. The van der Waals surface area contributed by atoms with E-state index >= 15 is 0 Å². The first-order valence-corrected chi connectivity index (χ1v) is 12.9. The van der Waals surface area contributed by atoms with Gasteiger partial charge in [-0.2, -0.15) is 0 Å². The molecule has 172 valence electrons. The summed E-state index contributed by atoms with van der Waals surface area (Å²) >= 11 is 1.30. The number of para-hydroxylation sites is 1. The fourth-order valence-electron chi connectivity index (χ4n) is 3.29. The molecule has 0 aliphatic carbocycles. The molecule has 1 N–H and O–H groups in total. The zero-order valence-electron chi connectivity index (χ0n) is 18.5. The Morgan fingerprint density at radius 3 is 2.64 bits per heavy atom. The van der Waals surface area contributed by atoms with E-state index in [0.717, 1.165) is 5.39 Å². The molecule has 2 heterocycles. The molecule has 7 nitrogen and oxygen atoms in total. The summed E-state index contributed by atoms with van der Waals surface area (Å²) in [5.74, 6) is 1.03. The van der Waals surface area contributed by atoms with Crippen molar-refractivity contribution in [2.24, 2.45) is 0 Å². The Kier molecular flexibility index (Phi) is 6.53. The van der Waals surface area contributed by atoms with Crippen LogP contribution in [0, 0.1) is 0 Å². The number of thiazole rings is 1. The van der Waals surface area contributed by atoms with Gasteiger partial charge in [0.15, 0.2) is 32.1 Å². The third-order valence-corrected chi connectivity index (χ3v) is 7.98. The Bertz CT molecular complexity index is 1390. The van der Waals surface area contributed by atoms with Crippen LogP contribution in [0.25, 0.3) is 22.4 Å². The minimum absolute atomic E-state index is 0.110. The normalized spacial score (nSPS) is 11.8. The second kappa shape index (κ2) is 9.36. The summed E-state index contributed by atoms with van der Waals surface area (Å²) in [6.07, 6.45) is 0.110. The van der Waals surface area contributed by atoms with Crippen molar-refractivity contribution in [2.75, 3.05) is 11.9 Å². The predicted octanol–water partition coefficient (Wildman–Crippen LogP) is 5.32. The summed E-state index contributed by atoms with van der Waals surface area (Å²) in [5, 5.41) is 5.49. The van der Waals surface area contributed by atoms with Crippen LogP contribution in [-0.2, 0) is 21.1 Å². The van der Waals surface area contributed by atoms with E-state index in [2.05, 4.69) is 10.3 Å². The van der Waals surface area contributed by atoms with E-state index in [1.54, 1.807) is 26.0 Å². The lowest BCUT2D eigenvalue weighted by Gasteiger charge is -2.08. The minimum atomic E-state index is -3.34. The smallest absolute Gasteiger partial charge is 0.230 e. The molecule has 0 bridgehead atoms. The molecule has 0 aliphatic rings. The van der Waals surface area contributed by atoms with Crippen LogP contribution in [0.1, 0.15) is 26.3 Å². The molecule has 1 amide bonds. The molecule has 0 saturated heterocycles. The highest BCUT2D eigenvalue weighted by atomic mass is 32.2. The van der Waals surface area contributed by atoms with Gasteiger partial charge in [-0.15, -0.1) is 11.3 Å². The Labute approximate surface area is 196 Å². The number of carbonyl (C=O) groups excluding carboxylic acids is 1. The molecular formula is C24H24N2O5S2. The third kappa shape index (κ3) is 4.94. The van der Waals surface area contributed by atoms with Crippen LogP contribution >= 0.6 is 11.3 Å². The standard InChI is InChI=1S/C24H24N2O5S2/c1-4-30-20-7-5-6-17-13-21(31-23(17)20)19-14-32-24(25-19)26-22(27)12-16-8-10-18(11-9-16)33(28,29)15(2)3/h5-11,13-15H,4,12H2,1-3H3,(H,25,26,27). The van der Waals surface area contributed by atoms with Crippen molar-refractivity contribution < 1.29 is 22.4 Å². The molecule has 4 aromatic rings. The first kappa shape index (κ1) is 23.0. The van der Waals surface area contributed by atoms with Crippen molar-refractivity contribution in [2.45, 2.75) is 37.3 Å². The maximum Gasteiger partial charge on any atom is 0.230 e. The van der Waals surface area contributed by atoms with E-state index < -0.39 is 15.1 Å². The molecular weight excluding hydrogens is 460 g/mol. The Morgan fingerprint density at radius 1 is 1.18 bits per heavy atom. The van der Waals surface area contributed by atoms with Crippen molar-refractivity contribution in [3.05, 3.63) is 59.5 Å². The summed E-state index contributed by atoms with van der Waals surface area (Å²) in [7, 11) is -3.34. The monoisotopic (exact) mass is 484 g/mol. The highest BCUT2D eigenvalue weighted by Gasteiger charge is 2.19. The number of anilines is 1. The van der Waals surface area contributed by atoms with E-state index in [4.69, 9.17) is 9.15 Å². The van der Waals surface area contributed by atoms with Crippen LogP contribution < -0.4 is 10.1 Å². The van der Waals surface area contributed by atoms with E-state index in [1.807, 2.05) is 36.6 Å². The summed E-state index contributed by atoms with van der Waals surface area (Å²) in [5.41, 5.74) is 2.00. The number of aromatic nitrogens is 1. The van der Waals surface area contributed by atoms with Crippen molar-refractivity contribution in [1.29, 1.82) is 0 Å². The number of nitrogens with zero attached hydrogens (tertiary/aromatic N) is 1. The van der Waals surface area contributed by atoms with Crippen LogP contribution in [0.15, 0.2) is 63.2 Å². The summed E-state index contributed by atoms with van der Waals surface area (Å²) in [6, 6.07) is 14.0. The zero-order chi connectivity index (χ0) is 23.6. The number of sulfone groups is 1. The lowest BCUT2D eigenvalue weighted by atomic mass is 10.1. The van der Waals surface area contributed by atoms with E-state index in [9.17, 15) is 13.2 Å². The van der Waals surface area contributed by atoms with Gasteiger partial charge in [0.05, 0.1) is 23.2 Å². The second-order valence-electron chi connectivity index (χ2n) is 7.72. The predicted molar refractivity (Wildman–Crippen MR) is 130 cm³/mol. The first-order valence-electron chi connectivity index (χ1n) is 10.5. The van der Waals surface area contributed by atoms with Crippen molar-refractivity contribution in [3.63, 3.8) is 0 Å². The highest BCUT2D eigenvalue weighted by Crippen LogP contribution is 2.34.